The van der Waals surface area contributed by atoms with E-state index in [9.17, 15) is 0 Å². The van der Waals surface area contributed by atoms with Crippen LogP contribution in [-0.2, 0) is 0 Å². The molecular formula is C17H22N2O2. The van der Waals surface area contributed by atoms with Gasteiger partial charge in [-0.25, -0.2) is 0 Å². The van der Waals surface area contributed by atoms with Crippen LogP contribution in [0.4, 0.5) is 0 Å². The van der Waals surface area contributed by atoms with Crippen molar-refractivity contribution in [3.63, 3.8) is 0 Å². The first-order valence-corrected chi connectivity index (χ1v) is 7.08. The lowest BCUT2D eigenvalue weighted by atomic mass is 9.98. The van der Waals surface area contributed by atoms with Crippen LogP contribution in [-0.4, -0.2) is 25.7 Å². The van der Waals surface area contributed by atoms with Crippen LogP contribution in [0.3, 0.4) is 0 Å². The van der Waals surface area contributed by atoms with E-state index in [2.05, 4.69) is 29.4 Å². The van der Waals surface area contributed by atoms with Crippen LogP contribution in [0.1, 0.15) is 29.8 Å². The fraction of sp³-hybridized carbons (Fsp3) is 0.353. The summed E-state index contributed by atoms with van der Waals surface area (Å²) in [5.41, 5.74) is 3.16. The number of hydrogen-bond donors (Lipinski definition) is 1. The Hall–Kier alpha value is -2.07. The van der Waals surface area contributed by atoms with Gasteiger partial charge in [-0.1, -0.05) is 25.1 Å². The summed E-state index contributed by atoms with van der Waals surface area (Å²) in [7, 11) is 3.31. The van der Waals surface area contributed by atoms with Gasteiger partial charge in [0.1, 0.15) is 0 Å². The Morgan fingerprint density at radius 2 is 1.95 bits per heavy atom. The largest absolute Gasteiger partial charge is 0.493 e. The lowest BCUT2D eigenvalue weighted by molar-refractivity contribution is 0.349. The van der Waals surface area contributed by atoms with Gasteiger partial charge in [0, 0.05) is 17.5 Å². The number of rotatable bonds is 6. The molecular weight excluding hydrogens is 264 g/mol. The van der Waals surface area contributed by atoms with Crippen LogP contribution in [0.15, 0.2) is 36.5 Å². The van der Waals surface area contributed by atoms with Crippen molar-refractivity contribution in [2.75, 3.05) is 20.8 Å². The molecule has 4 heteroatoms. The van der Waals surface area contributed by atoms with E-state index in [0.717, 1.165) is 34.9 Å². The van der Waals surface area contributed by atoms with Crippen LogP contribution >= 0.6 is 0 Å². The van der Waals surface area contributed by atoms with Gasteiger partial charge in [0.15, 0.2) is 11.5 Å². The van der Waals surface area contributed by atoms with Crippen molar-refractivity contribution < 1.29 is 9.47 Å². The van der Waals surface area contributed by atoms with E-state index in [4.69, 9.17) is 9.47 Å². The van der Waals surface area contributed by atoms with Gasteiger partial charge in [-0.15, -0.1) is 0 Å². The summed E-state index contributed by atoms with van der Waals surface area (Å²) in [4.78, 5) is 4.39. The number of nitrogens with one attached hydrogen (secondary N) is 1. The van der Waals surface area contributed by atoms with Gasteiger partial charge in [-0.05, 0) is 31.2 Å². The highest BCUT2D eigenvalue weighted by atomic mass is 16.5. The molecule has 2 aromatic rings. The third-order valence-corrected chi connectivity index (χ3v) is 3.42. The first-order chi connectivity index (χ1) is 10.2. The van der Waals surface area contributed by atoms with Crippen LogP contribution in [0, 0.1) is 6.92 Å². The molecule has 0 spiro atoms. The maximum Gasteiger partial charge on any atom is 0.165 e. The summed E-state index contributed by atoms with van der Waals surface area (Å²) < 4.78 is 10.9. The third kappa shape index (κ3) is 3.34. The standard InChI is InChI=1S/C17H22N2O2/c1-5-18-16(13-10-9-12(2)19-11-13)14-7-6-8-15(20-3)17(14)21-4/h6-11,16,18H,5H2,1-4H3. The molecule has 1 aromatic heterocycles. The van der Waals surface area contributed by atoms with Gasteiger partial charge in [-0.2, -0.15) is 0 Å². The Morgan fingerprint density at radius 3 is 2.52 bits per heavy atom. The molecule has 0 fully saturated rings. The second kappa shape index (κ2) is 7.09. The summed E-state index contributed by atoms with van der Waals surface area (Å²) >= 11 is 0. The zero-order valence-electron chi connectivity index (χ0n) is 13.0. The molecule has 0 saturated heterocycles. The van der Waals surface area contributed by atoms with Crippen molar-refractivity contribution in [1.29, 1.82) is 0 Å². The van der Waals surface area contributed by atoms with Gasteiger partial charge < -0.3 is 14.8 Å². The molecule has 112 valence electrons. The molecule has 1 atom stereocenters. The average Bonchev–Trinajstić information content (AvgIpc) is 2.52. The van der Waals surface area contributed by atoms with Crippen LogP contribution in [0.2, 0.25) is 0 Å². The summed E-state index contributed by atoms with van der Waals surface area (Å²) in [6, 6.07) is 10.1. The van der Waals surface area contributed by atoms with E-state index in [-0.39, 0.29) is 6.04 Å². The van der Waals surface area contributed by atoms with E-state index in [1.807, 2.05) is 31.3 Å². The summed E-state index contributed by atoms with van der Waals surface area (Å²) in [5.74, 6) is 1.49. The van der Waals surface area contributed by atoms with Crippen molar-refractivity contribution >= 4 is 0 Å². The Balaban J connectivity index is 2.49. The molecule has 0 aliphatic heterocycles. The normalized spacial score (nSPS) is 12.0. The number of hydrogen-bond acceptors (Lipinski definition) is 4. The second-order valence-electron chi connectivity index (χ2n) is 4.81. The highest BCUT2D eigenvalue weighted by Gasteiger charge is 2.20. The molecule has 0 amide bonds. The Bertz CT molecular complexity index is 582. The summed E-state index contributed by atoms with van der Waals surface area (Å²) in [6.07, 6.45) is 1.90. The fourth-order valence-corrected chi connectivity index (χ4v) is 2.40. The van der Waals surface area contributed by atoms with Gasteiger partial charge in [-0.3, -0.25) is 4.98 Å². The van der Waals surface area contributed by atoms with E-state index in [0.29, 0.717) is 0 Å². The summed E-state index contributed by atoms with van der Waals surface area (Å²) in [6.45, 7) is 4.92. The molecule has 1 N–H and O–H groups in total. The van der Waals surface area contributed by atoms with Crippen molar-refractivity contribution in [2.45, 2.75) is 19.9 Å². The number of ether oxygens (including phenoxy) is 2. The van der Waals surface area contributed by atoms with Crippen molar-refractivity contribution in [1.82, 2.24) is 10.3 Å². The molecule has 0 radical (unpaired) electrons. The molecule has 1 heterocycles. The quantitative estimate of drug-likeness (QED) is 0.886. The average molecular weight is 286 g/mol. The van der Waals surface area contributed by atoms with Gasteiger partial charge in [0.2, 0.25) is 0 Å². The van der Waals surface area contributed by atoms with Crippen LogP contribution < -0.4 is 14.8 Å². The number of aryl methyl sites for hydroxylation is 1. The molecule has 2 rings (SSSR count). The minimum absolute atomic E-state index is 0.0214. The van der Waals surface area contributed by atoms with Gasteiger partial charge >= 0.3 is 0 Å². The zero-order valence-corrected chi connectivity index (χ0v) is 13.0. The monoisotopic (exact) mass is 286 g/mol. The number of aromatic nitrogens is 1. The zero-order chi connectivity index (χ0) is 15.2. The maximum atomic E-state index is 5.55. The van der Waals surface area contributed by atoms with Gasteiger partial charge in [0.25, 0.3) is 0 Å². The van der Waals surface area contributed by atoms with E-state index in [1.165, 1.54) is 0 Å². The Labute approximate surface area is 126 Å². The van der Waals surface area contributed by atoms with E-state index < -0.39 is 0 Å². The molecule has 0 saturated carbocycles. The van der Waals surface area contributed by atoms with Crippen molar-refractivity contribution in [3.05, 3.63) is 53.3 Å². The minimum Gasteiger partial charge on any atom is -0.493 e. The predicted octanol–water partition coefficient (Wildman–Crippen LogP) is 3.11. The smallest absolute Gasteiger partial charge is 0.165 e. The fourth-order valence-electron chi connectivity index (χ4n) is 2.40. The second-order valence-corrected chi connectivity index (χ2v) is 4.81. The Kier molecular flexibility index (Phi) is 5.17. The lowest BCUT2D eigenvalue weighted by Crippen LogP contribution is -2.22. The topological polar surface area (TPSA) is 43.4 Å². The molecule has 0 aliphatic rings. The van der Waals surface area contributed by atoms with Crippen molar-refractivity contribution in [3.8, 4) is 11.5 Å². The Morgan fingerprint density at radius 1 is 1.14 bits per heavy atom. The predicted molar refractivity (Wildman–Crippen MR) is 84.0 cm³/mol. The number of para-hydroxylation sites is 1. The maximum absolute atomic E-state index is 5.55. The van der Waals surface area contributed by atoms with Crippen molar-refractivity contribution in [2.24, 2.45) is 0 Å². The number of methoxy groups -OCH3 is 2. The third-order valence-electron chi connectivity index (χ3n) is 3.42. The molecule has 4 nitrogen and oxygen atoms in total. The summed E-state index contributed by atoms with van der Waals surface area (Å²) in [5, 5.41) is 3.49. The SMILES string of the molecule is CCNC(c1ccc(C)nc1)c1cccc(OC)c1OC. The highest BCUT2D eigenvalue weighted by molar-refractivity contribution is 5.50. The molecule has 21 heavy (non-hydrogen) atoms. The number of nitrogens with zero attached hydrogens (tertiary/aromatic N) is 1. The molecule has 1 unspecified atom stereocenters. The molecule has 0 bridgehead atoms. The molecule has 1 aromatic carbocycles. The van der Waals surface area contributed by atoms with Crippen LogP contribution in [0.5, 0.6) is 11.5 Å². The van der Waals surface area contributed by atoms with E-state index in [1.54, 1.807) is 14.2 Å². The minimum atomic E-state index is 0.0214. The molecule has 0 aliphatic carbocycles. The number of pyridine rings is 1. The van der Waals surface area contributed by atoms with E-state index >= 15 is 0 Å². The number of benzene rings is 1. The van der Waals surface area contributed by atoms with Crippen LogP contribution in [0.25, 0.3) is 0 Å². The first kappa shape index (κ1) is 15.3. The lowest BCUT2D eigenvalue weighted by Gasteiger charge is -2.22. The first-order valence-electron chi connectivity index (χ1n) is 7.08. The van der Waals surface area contributed by atoms with Gasteiger partial charge in [0.05, 0.1) is 20.3 Å². The highest BCUT2D eigenvalue weighted by Crippen LogP contribution is 2.36.